The lowest BCUT2D eigenvalue weighted by molar-refractivity contribution is 0.0716. The van der Waals surface area contributed by atoms with E-state index in [-0.39, 0.29) is 17.7 Å². The molecule has 2 heterocycles. The molecule has 1 atom stereocenters. The molecule has 1 aliphatic rings. The first-order valence-electron chi connectivity index (χ1n) is 10.1. The van der Waals surface area contributed by atoms with Crippen molar-refractivity contribution in [2.45, 2.75) is 19.4 Å². The van der Waals surface area contributed by atoms with Gasteiger partial charge in [0, 0.05) is 12.1 Å². The number of carbonyl (C=O) groups is 1. The summed E-state index contributed by atoms with van der Waals surface area (Å²) in [5.74, 6) is 0.561. The van der Waals surface area contributed by atoms with Gasteiger partial charge in [0.1, 0.15) is 5.75 Å². The topological polar surface area (TPSA) is 88.1 Å². The SMILES string of the molecule is CCS(=O)(=O)Nc1ccc(C2=NN(C(=O)c3cccs3)C(c3cccc(OC)c3)C2)cc1. The van der Waals surface area contributed by atoms with Crippen LogP contribution in [0.5, 0.6) is 5.75 Å². The zero-order chi connectivity index (χ0) is 22.7. The van der Waals surface area contributed by atoms with Crippen LogP contribution in [0.25, 0.3) is 0 Å². The summed E-state index contributed by atoms with van der Waals surface area (Å²) < 4.78 is 31.5. The van der Waals surface area contributed by atoms with Gasteiger partial charge in [0.2, 0.25) is 10.0 Å². The molecule has 1 aliphatic heterocycles. The summed E-state index contributed by atoms with van der Waals surface area (Å²) in [6.07, 6.45) is 0.532. The number of sulfonamides is 1. The molecule has 9 heteroatoms. The number of carbonyl (C=O) groups excluding carboxylic acids is 1. The molecule has 1 unspecified atom stereocenters. The van der Waals surface area contributed by atoms with Crippen LogP contribution in [0.15, 0.2) is 71.1 Å². The molecule has 0 fully saturated rings. The third-order valence-electron chi connectivity index (χ3n) is 5.20. The first-order valence-corrected chi connectivity index (χ1v) is 12.6. The van der Waals surface area contributed by atoms with Crippen LogP contribution < -0.4 is 9.46 Å². The Bertz CT molecular complexity index is 1240. The van der Waals surface area contributed by atoms with Crippen molar-refractivity contribution in [2.24, 2.45) is 5.10 Å². The molecular weight excluding hydrogens is 446 g/mol. The summed E-state index contributed by atoms with van der Waals surface area (Å²) >= 11 is 1.38. The molecule has 1 aromatic heterocycles. The molecule has 0 saturated heterocycles. The van der Waals surface area contributed by atoms with E-state index >= 15 is 0 Å². The molecule has 0 saturated carbocycles. The van der Waals surface area contributed by atoms with Crippen LogP contribution in [-0.4, -0.2) is 37.9 Å². The Morgan fingerprint density at radius 2 is 1.97 bits per heavy atom. The van der Waals surface area contributed by atoms with Gasteiger partial charge in [0.05, 0.1) is 29.5 Å². The van der Waals surface area contributed by atoms with E-state index in [1.807, 2.05) is 47.8 Å². The number of nitrogens with one attached hydrogen (secondary N) is 1. The summed E-state index contributed by atoms with van der Waals surface area (Å²) in [5.41, 5.74) is 3.01. The first-order chi connectivity index (χ1) is 15.4. The number of anilines is 1. The van der Waals surface area contributed by atoms with Gasteiger partial charge in [-0.25, -0.2) is 13.4 Å². The lowest BCUT2D eigenvalue weighted by Crippen LogP contribution is -2.26. The molecule has 7 nitrogen and oxygen atoms in total. The van der Waals surface area contributed by atoms with Gasteiger partial charge in [-0.2, -0.15) is 5.10 Å². The Kier molecular flexibility index (Phi) is 6.29. The van der Waals surface area contributed by atoms with E-state index in [4.69, 9.17) is 4.74 Å². The maximum Gasteiger partial charge on any atom is 0.284 e. The largest absolute Gasteiger partial charge is 0.497 e. The van der Waals surface area contributed by atoms with E-state index in [1.165, 1.54) is 16.3 Å². The lowest BCUT2D eigenvalue weighted by atomic mass is 9.98. The summed E-state index contributed by atoms with van der Waals surface area (Å²) in [6.45, 7) is 1.59. The maximum absolute atomic E-state index is 13.2. The van der Waals surface area contributed by atoms with Crippen molar-refractivity contribution in [1.82, 2.24) is 5.01 Å². The van der Waals surface area contributed by atoms with Crippen LogP contribution >= 0.6 is 11.3 Å². The highest BCUT2D eigenvalue weighted by molar-refractivity contribution is 7.92. The predicted octanol–water partition coefficient (Wildman–Crippen LogP) is 4.51. The normalized spacial score (nSPS) is 16.0. The summed E-state index contributed by atoms with van der Waals surface area (Å²) in [5, 5.41) is 8.07. The third kappa shape index (κ3) is 4.68. The number of benzene rings is 2. The average Bonchev–Trinajstić information content (AvgIpc) is 3.50. The Labute approximate surface area is 191 Å². The van der Waals surface area contributed by atoms with E-state index in [0.29, 0.717) is 22.7 Å². The minimum atomic E-state index is -3.34. The van der Waals surface area contributed by atoms with Crippen LogP contribution in [0.4, 0.5) is 5.69 Å². The lowest BCUT2D eigenvalue weighted by Gasteiger charge is -2.21. The van der Waals surface area contributed by atoms with Crippen LogP contribution in [0.1, 0.15) is 40.2 Å². The number of hydrazone groups is 1. The van der Waals surface area contributed by atoms with Crippen molar-refractivity contribution >= 4 is 38.7 Å². The van der Waals surface area contributed by atoms with Gasteiger partial charge < -0.3 is 4.74 Å². The van der Waals surface area contributed by atoms with Crippen molar-refractivity contribution in [3.05, 3.63) is 82.0 Å². The monoisotopic (exact) mass is 469 g/mol. The van der Waals surface area contributed by atoms with Gasteiger partial charge >= 0.3 is 0 Å². The fourth-order valence-electron chi connectivity index (χ4n) is 3.48. The van der Waals surface area contributed by atoms with E-state index in [0.717, 1.165) is 16.8 Å². The fourth-order valence-corrected chi connectivity index (χ4v) is 4.77. The van der Waals surface area contributed by atoms with Crippen LogP contribution in [0, 0.1) is 0 Å². The maximum atomic E-state index is 13.2. The van der Waals surface area contributed by atoms with Gasteiger partial charge in [-0.05, 0) is 53.8 Å². The molecule has 166 valence electrons. The second-order valence-electron chi connectivity index (χ2n) is 7.25. The average molecular weight is 470 g/mol. The highest BCUT2D eigenvalue weighted by Gasteiger charge is 2.34. The van der Waals surface area contributed by atoms with Gasteiger partial charge in [-0.3, -0.25) is 9.52 Å². The van der Waals surface area contributed by atoms with Gasteiger partial charge in [-0.15, -0.1) is 11.3 Å². The molecular formula is C23H23N3O4S2. The van der Waals surface area contributed by atoms with Crippen molar-refractivity contribution in [3.63, 3.8) is 0 Å². The second-order valence-corrected chi connectivity index (χ2v) is 10.2. The highest BCUT2D eigenvalue weighted by atomic mass is 32.2. The summed E-state index contributed by atoms with van der Waals surface area (Å²) in [6, 6.07) is 18.0. The first kappa shape index (κ1) is 22.0. The number of methoxy groups -OCH3 is 1. The molecule has 4 rings (SSSR count). The Morgan fingerprint density at radius 3 is 2.62 bits per heavy atom. The zero-order valence-corrected chi connectivity index (χ0v) is 19.3. The van der Waals surface area contributed by atoms with Crippen molar-refractivity contribution < 1.29 is 17.9 Å². The van der Waals surface area contributed by atoms with E-state index in [1.54, 1.807) is 32.2 Å². The molecule has 0 bridgehead atoms. The number of amides is 1. The van der Waals surface area contributed by atoms with Crippen molar-refractivity contribution in [2.75, 3.05) is 17.6 Å². The Morgan fingerprint density at radius 1 is 1.19 bits per heavy atom. The number of ether oxygens (including phenoxy) is 1. The minimum absolute atomic E-state index is 0.00344. The van der Waals surface area contributed by atoms with Gasteiger partial charge in [0.15, 0.2) is 0 Å². The Hall–Kier alpha value is -3.17. The van der Waals surface area contributed by atoms with Crippen LogP contribution in [0.3, 0.4) is 0 Å². The summed E-state index contributed by atoms with van der Waals surface area (Å²) in [4.78, 5) is 13.8. The Balaban J connectivity index is 1.65. The fraction of sp³-hybridized carbons (Fsp3) is 0.217. The predicted molar refractivity (Wildman–Crippen MR) is 127 cm³/mol. The van der Waals surface area contributed by atoms with Crippen LogP contribution in [-0.2, 0) is 10.0 Å². The van der Waals surface area contributed by atoms with Crippen molar-refractivity contribution in [1.29, 1.82) is 0 Å². The molecule has 3 aromatic rings. The number of hydrogen-bond acceptors (Lipinski definition) is 6. The number of rotatable bonds is 7. The molecule has 0 aliphatic carbocycles. The molecule has 1 amide bonds. The quantitative estimate of drug-likeness (QED) is 0.551. The standard InChI is InChI=1S/C23H23N3O4S2/c1-3-32(28,29)25-18-11-9-16(10-12-18)20-15-21(17-6-4-7-19(14-17)30-2)26(24-20)23(27)22-8-5-13-31-22/h4-14,21,25H,3,15H2,1-2H3. The van der Waals surface area contributed by atoms with Crippen LogP contribution in [0.2, 0.25) is 0 Å². The highest BCUT2D eigenvalue weighted by Crippen LogP contribution is 2.36. The second kappa shape index (κ2) is 9.13. The van der Waals surface area contributed by atoms with Crippen molar-refractivity contribution in [3.8, 4) is 5.75 Å². The zero-order valence-electron chi connectivity index (χ0n) is 17.7. The number of nitrogens with zero attached hydrogens (tertiary/aromatic N) is 2. The smallest absolute Gasteiger partial charge is 0.284 e. The molecule has 2 aromatic carbocycles. The van der Waals surface area contributed by atoms with E-state index in [2.05, 4.69) is 9.82 Å². The van der Waals surface area contributed by atoms with Gasteiger partial charge in [-0.1, -0.05) is 30.3 Å². The molecule has 1 N–H and O–H groups in total. The molecule has 0 radical (unpaired) electrons. The molecule has 32 heavy (non-hydrogen) atoms. The van der Waals surface area contributed by atoms with Gasteiger partial charge in [0.25, 0.3) is 5.91 Å². The number of thiophene rings is 1. The third-order valence-corrected chi connectivity index (χ3v) is 7.37. The minimum Gasteiger partial charge on any atom is -0.497 e. The van der Waals surface area contributed by atoms with E-state index in [9.17, 15) is 13.2 Å². The summed E-state index contributed by atoms with van der Waals surface area (Å²) in [7, 11) is -1.74. The number of hydrogen-bond donors (Lipinski definition) is 1. The van der Waals surface area contributed by atoms with E-state index < -0.39 is 10.0 Å². The molecule has 0 spiro atoms.